The van der Waals surface area contributed by atoms with E-state index in [0.29, 0.717) is 35.3 Å². The summed E-state index contributed by atoms with van der Waals surface area (Å²) in [6, 6.07) is 11.2. The third kappa shape index (κ3) is 8.31. The highest BCUT2D eigenvalue weighted by molar-refractivity contribution is 5.96. The van der Waals surface area contributed by atoms with Gasteiger partial charge in [-0.3, -0.25) is 25.2 Å². The summed E-state index contributed by atoms with van der Waals surface area (Å²) < 4.78 is 16.2. The molecule has 34 heavy (non-hydrogen) atoms. The molecule has 2 aromatic carbocycles. The van der Waals surface area contributed by atoms with Crippen LogP contribution in [0, 0.1) is 5.92 Å². The Balaban J connectivity index is 1.97. The van der Waals surface area contributed by atoms with Gasteiger partial charge < -0.3 is 19.5 Å². The van der Waals surface area contributed by atoms with Gasteiger partial charge in [0, 0.05) is 12.5 Å². The number of carbonyl (C=O) groups is 3. The van der Waals surface area contributed by atoms with Gasteiger partial charge in [-0.15, -0.1) is 0 Å². The lowest BCUT2D eigenvalue weighted by atomic mass is 10.0. The van der Waals surface area contributed by atoms with Crippen molar-refractivity contribution < 1.29 is 28.6 Å². The molecule has 0 saturated heterocycles. The highest BCUT2D eigenvalue weighted by atomic mass is 16.5. The first kappa shape index (κ1) is 26.5. The molecule has 3 amide bonds. The molecule has 9 heteroatoms. The van der Waals surface area contributed by atoms with Gasteiger partial charge in [-0.25, -0.2) is 0 Å². The van der Waals surface area contributed by atoms with E-state index in [-0.39, 0.29) is 12.3 Å². The summed E-state index contributed by atoms with van der Waals surface area (Å²) in [5, 5.41) is 2.75. The van der Waals surface area contributed by atoms with Crippen molar-refractivity contribution in [2.45, 2.75) is 39.7 Å². The average molecular weight is 472 g/mol. The largest absolute Gasteiger partial charge is 0.497 e. The van der Waals surface area contributed by atoms with Crippen molar-refractivity contribution in [2.24, 2.45) is 5.92 Å². The van der Waals surface area contributed by atoms with Gasteiger partial charge in [0.25, 0.3) is 5.91 Å². The fourth-order valence-corrected chi connectivity index (χ4v) is 3.10. The summed E-state index contributed by atoms with van der Waals surface area (Å²) in [4.78, 5) is 36.6. The van der Waals surface area contributed by atoms with Crippen molar-refractivity contribution in [1.82, 2.24) is 16.2 Å². The minimum absolute atomic E-state index is 0.0713. The van der Waals surface area contributed by atoms with E-state index in [9.17, 15) is 14.4 Å². The monoisotopic (exact) mass is 471 g/mol. The van der Waals surface area contributed by atoms with E-state index >= 15 is 0 Å². The molecule has 1 atom stereocenters. The number of hydrazine groups is 1. The predicted octanol–water partition coefficient (Wildman–Crippen LogP) is 3.16. The van der Waals surface area contributed by atoms with E-state index in [1.165, 1.54) is 14.0 Å². The average Bonchev–Trinajstić information content (AvgIpc) is 2.81. The van der Waals surface area contributed by atoms with Gasteiger partial charge in [0.2, 0.25) is 11.8 Å². The minimum Gasteiger partial charge on any atom is -0.497 e. The van der Waals surface area contributed by atoms with E-state index in [4.69, 9.17) is 14.2 Å². The number of ether oxygens (including phenoxy) is 3. The van der Waals surface area contributed by atoms with Crippen molar-refractivity contribution in [3.63, 3.8) is 0 Å². The lowest BCUT2D eigenvalue weighted by Gasteiger charge is -2.18. The van der Waals surface area contributed by atoms with Gasteiger partial charge in [-0.05, 0) is 48.2 Å². The normalized spacial score (nSPS) is 11.4. The molecule has 0 saturated carbocycles. The van der Waals surface area contributed by atoms with Crippen LogP contribution in [0.2, 0.25) is 0 Å². The van der Waals surface area contributed by atoms with Crippen LogP contribution in [0.25, 0.3) is 0 Å². The van der Waals surface area contributed by atoms with Gasteiger partial charge in [0.15, 0.2) is 11.5 Å². The number of benzene rings is 2. The topological polar surface area (TPSA) is 115 Å². The van der Waals surface area contributed by atoms with Crippen LogP contribution >= 0.6 is 0 Å². The van der Waals surface area contributed by atoms with Gasteiger partial charge in [0.1, 0.15) is 5.75 Å². The Morgan fingerprint density at radius 3 is 2.21 bits per heavy atom. The number of rotatable bonds is 11. The number of carbonyl (C=O) groups excluding carboxylic acids is 3. The molecular weight excluding hydrogens is 438 g/mol. The van der Waals surface area contributed by atoms with Crippen molar-refractivity contribution in [3.8, 4) is 17.2 Å². The van der Waals surface area contributed by atoms with E-state index in [0.717, 1.165) is 12.0 Å². The third-order valence-electron chi connectivity index (χ3n) is 4.98. The molecule has 0 aromatic heterocycles. The minimum atomic E-state index is -0.567. The van der Waals surface area contributed by atoms with Crippen molar-refractivity contribution in [2.75, 3.05) is 20.8 Å². The quantitative estimate of drug-likeness (QED) is 0.434. The lowest BCUT2D eigenvalue weighted by Crippen LogP contribution is -2.43. The molecule has 0 heterocycles. The Bertz CT molecular complexity index is 975. The first-order chi connectivity index (χ1) is 16.2. The molecule has 0 bridgehead atoms. The first-order valence-electron chi connectivity index (χ1n) is 11.0. The van der Waals surface area contributed by atoms with Gasteiger partial charge >= 0.3 is 0 Å². The maximum Gasteiger partial charge on any atom is 0.269 e. The van der Waals surface area contributed by atoms with Crippen LogP contribution in [0.5, 0.6) is 17.2 Å². The lowest BCUT2D eigenvalue weighted by molar-refractivity contribution is -0.123. The molecule has 0 aliphatic carbocycles. The summed E-state index contributed by atoms with van der Waals surface area (Å²) in [5.41, 5.74) is 5.80. The fourth-order valence-electron chi connectivity index (χ4n) is 3.10. The van der Waals surface area contributed by atoms with Crippen LogP contribution in [-0.4, -0.2) is 38.5 Å². The molecule has 0 radical (unpaired) electrons. The smallest absolute Gasteiger partial charge is 0.269 e. The van der Waals surface area contributed by atoms with E-state index in [1.54, 1.807) is 49.6 Å². The molecule has 2 aromatic rings. The van der Waals surface area contributed by atoms with Crippen LogP contribution in [-0.2, 0) is 9.59 Å². The Kier molecular flexibility index (Phi) is 10.2. The summed E-state index contributed by atoms with van der Waals surface area (Å²) in [6.45, 7) is 6.13. The first-order valence-corrected chi connectivity index (χ1v) is 11.0. The fraction of sp³-hybridized carbons (Fsp3) is 0.400. The van der Waals surface area contributed by atoms with Crippen molar-refractivity contribution >= 4 is 17.7 Å². The van der Waals surface area contributed by atoms with E-state index in [2.05, 4.69) is 30.0 Å². The molecule has 3 N–H and O–H groups in total. The Morgan fingerprint density at radius 2 is 1.62 bits per heavy atom. The highest BCUT2D eigenvalue weighted by Crippen LogP contribution is 2.28. The Labute approximate surface area is 200 Å². The molecule has 0 fully saturated rings. The second-order valence-electron chi connectivity index (χ2n) is 8.13. The molecule has 184 valence electrons. The van der Waals surface area contributed by atoms with E-state index in [1.807, 2.05) is 0 Å². The number of nitrogens with one attached hydrogen (secondary N) is 3. The summed E-state index contributed by atoms with van der Waals surface area (Å²) >= 11 is 0. The summed E-state index contributed by atoms with van der Waals surface area (Å²) in [5.74, 6) is 0.877. The van der Waals surface area contributed by atoms with Gasteiger partial charge in [-0.1, -0.05) is 26.0 Å². The summed E-state index contributed by atoms with van der Waals surface area (Å²) in [6.07, 6.45) is 0.825. The molecule has 0 spiro atoms. The highest BCUT2D eigenvalue weighted by Gasteiger charge is 2.18. The number of amides is 3. The predicted molar refractivity (Wildman–Crippen MR) is 128 cm³/mol. The van der Waals surface area contributed by atoms with Gasteiger partial charge in [0.05, 0.1) is 33.3 Å². The van der Waals surface area contributed by atoms with Crippen molar-refractivity contribution in [1.29, 1.82) is 0 Å². The van der Waals surface area contributed by atoms with Crippen LogP contribution in [0.4, 0.5) is 0 Å². The molecule has 1 unspecified atom stereocenters. The Morgan fingerprint density at radius 1 is 0.912 bits per heavy atom. The zero-order valence-electron chi connectivity index (χ0n) is 20.3. The molecule has 2 rings (SSSR count). The Hall–Kier alpha value is -3.75. The van der Waals surface area contributed by atoms with Gasteiger partial charge in [-0.2, -0.15) is 0 Å². The second kappa shape index (κ2) is 13.1. The molecular formula is C25H33N3O6. The SMILES string of the molecule is COc1ccc(C(CC(=O)NNC(=O)c2ccc(OCCC(C)C)c(OC)c2)NC(C)=O)cc1. The number of hydrogen-bond donors (Lipinski definition) is 3. The zero-order chi connectivity index (χ0) is 25.1. The maximum atomic E-state index is 12.5. The summed E-state index contributed by atoms with van der Waals surface area (Å²) in [7, 11) is 3.05. The van der Waals surface area contributed by atoms with Crippen LogP contribution in [0.15, 0.2) is 42.5 Å². The second-order valence-corrected chi connectivity index (χ2v) is 8.13. The zero-order valence-corrected chi connectivity index (χ0v) is 20.3. The number of methoxy groups -OCH3 is 2. The van der Waals surface area contributed by atoms with Crippen molar-refractivity contribution in [3.05, 3.63) is 53.6 Å². The molecule has 0 aliphatic rings. The maximum absolute atomic E-state index is 12.5. The molecule has 0 aliphatic heterocycles. The van der Waals surface area contributed by atoms with Crippen LogP contribution in [0.3, 0.4) is 0 Å². The standard InChI is InChI=1S/C25H33N3O6/c1-16(2)12-13-34-22-11-8-19(14-23(22)33-5)25(31)28-27-24(30)15-21(26-17(3)29)18-6-9-20(32-4)10-7-18/h6-11,14,16,21H,12-13,15H2,1-5H3,(H,26,29)(H,27,30)(H,28,31). The number of hydrogen-bond acceptors (Lipinski definition) is 6. The van der Waals surface area contributed by atoms with Crippen LogP contribution in [0.1, 0.15) is 55.6 Å². The van der Waals surface area contributed by atoms with E-state index < -0.39 is 17.9 Å². The third-order valence-corrected chi connectivity index (χ3v) is 4.98. The molecule has 9 nitrogen and oxygen atoms in total. The van der Waals surface area contributed by atoms with Crippen LogP contribution < -0.4 is 30.4 Å².